The maximum atomic E-state index is 2.55. The summed E-state index contributed by atoms with van der Waals surface area (Å²) in [5.74, 6) is 0. The Morgan fingerprint density at radius 2 is 0.722 bits per heavy atom. The molecule has 0 aromatic heterocycles. The fourth-order valence-corrected chi connectivity index (χ4v) is 10.7. The van der Waals surface area contributed by atoms with Crippen LogP contribution in [0.15, 0.2) is 144 Å². The van der Waals surface area contributed by atoms with Crippen molar-refractivity contribution in [3.63, 3.8) is 0 Å². The maximum Gasteiger partial charge on any atom is -0.00569 e. The van der Waals surface area contributed by atoms with Crippen LogP contribution < -0.4 is 31.8 Å². The summed E-state index contributed by atoms with van der Waals surface area (Å²) in [6, 6.07) is 51.8. The summed E-state index contributed by atoms with van der Waals surface area (Å²) >= 11 is 0. The Hall–Kier alpha value is -2.69. The summed E-state index contributed by atoms with van der Waals surface area (Å²) in [6.07, 6.45) is 7.20. The van der Waals surface area contributed by atoms with Gasteiger partial charge in [0.05, 0.1) is 0 Å². The van der Waals surface area contributed by atoms with Crippen molar-refractivity contribution >= 4 is 57.7 Å². The highest BCUT2D eigenvalue weighted by Gasteiger charge is 2.27. The summed E-state index contributed by atoms with van der Waals surface area (Å²) < 4.78 is 0. The lowest BCUT2D eigenvalue weighted by atomic mass is 10.3. The van der Waals surface area contributed by atoms with E-state index < -0.39 is 25.9 Å². The van der Waals surface area contributed by atoms with Gasteiger partial charge in [0.2, 0.25) is 0 Å². The first-order valence-electron chi connectivity index (χ1n) is 12.2. The van der Waals surface area contributed by atoms with Crippen LogP contribution in [0.2, 0.25) is 0 Å². The van der Waals surface area contributed by atoms with Crippen LogP contribution in [0.3, 0.4) is 0 Å². The zero-order valence-electron chi connectivity index (χ0n) is 21.1. The second-order valence-electron chi connectivity index (χ2n) is 9.50. The molecule has 3 heteroatoms. The molecule has 0 heterocycles. The van der Waals surface area contributed by atoms with Crippen molar-refractivity contribution in [2.45, 2.75) is 4.90 Å². The molecule has 0 aliphatic rings. The Morgan fingerprint density at radius 3 is 1.06 bits per heavy atom. The van der Waals surface area contributed by atoms with Crippen LogP contribution in [0, 0.1) is 0 Å². The molecule has 0 bridgehead atoms. The second-order valence-corrected chi connectivity index (χ2v) is 18.0. The first-order chi connectivity index (χ1) is 17.5. The third-order valence-electron chi connectivity index (χ3n) is 6.19. The van der Waals surface area contributed by atoms with Crippen molar-refractivity contribution in [3.8, 4) is 0 Å². The zero-order valence-corrected chi connectivity index (χ0v) is 23.7. The molecule has 5 aromatic rings. The van der Waals surface area contributed by atoms with E-state index in [-0.39, 0.29) is 0 Å². The minimum Gasteiger partial charge on any atom is -0.223 e. The first kappa shape index (κ1) is 25.0. The van der Waals surface area contributed by atoms with E-state index in [1.807, 2.05) is 0 Å². The normalized spacial score (nSPS) is 12.1. The number of hydrogen-bond acceptors (Lipinski definition) is 0. The molecule has 0 aliphatic carbocycles. The predicted octanol–water partition coefficient (Wildman–Crippen LogP) is 6.26. The van der Waals surface area contributed by atoms with Crippen LogP contribution in [-0.2, 0) is 0 Å². The SMILES string of the molecule is CS(C)(C)c1ccc(P(c2ccccc2)c2ccccc2)c(P(c2ccccc2)c2ccccc2)c1. The van der Waals surface area contributed by atoms with Gasteiger partial charge in [-0.15, -0.1) is 0 Å². The van der Waals surface area contributed by atoms with Crippen LogP contribution >= 0.6 is 25.9 Å². The molecule has 0 radical (unpaired) electrons. The Kier molecular flexibility index (Phi) is 7.73. The molecule has 0 fully saturated rings. The quantitative estimate of drug-likeness (QED) is 0.222. The van der Waals surface area contributed by atoms with Gasteiger partial charge in [0, 0.05) is 0 Å². The molecule has 0 saturated carbocycles. The molecule has 0 N–H and O–H groups in total. The third-order valence-corrected chi connectivity index (χ3v) is 13.0. The van der Waals surface area contributed by atoms with Crippen LogP contribution in [-0.4, -0.2) is 18.8 Å². The largest absolute Gasteiger partial charge is 0.223 e. The summed E-state index contributed by atoms with van der Waals surface area (Å²) in [4.78, 5) is 1.47. The predicted molar refractivity (Wildman–Crippen MR) is 167 cm³/mol. The smallest absolute Gasteiger partial charge is 0.00569 e. The Labute approximate surface area is 220 Å². The molecule has 36 heavy (non-hydrogen) atoms. The monoisotopic (exact) mass is 522 g/mol. The van der Waals surface area contributed by atoms with E-state index in [1.54, 1.807) is 0 Å². The van der Waals surface area contributed by atoms with E-state index >= 15 is 0 Å². The fraction of sp³-hybridized carbons (Fsp3) is 0.0909. The van der Waals surface area contributed by atoms with Crippen molar-refractivity contribution in [2.75, 3.05) is 18.8 Å². The zero-order chi connectivity index (χ0) is 25.0. The lowest BCUT2D eigenvalue weighted by molar-refractivity contribution is 1.48. The fourth-order valence-electron chi connectivity index (χ4n) is 4.42. The Morgan fingerprint density at radius 1 is 0.389 bits per heavy atom. The second kappa shape index (κ2) is 11.1. The van der Waals surface area contributed by atoms with Gasteiger partial charge >= 0.3 is 0 Å². The number of rotatable bonds is 7. The van der Waals surface area contributed by atoms with Crippen molar-refractivity contribution in [1.82, 2.24) is 0 Å². The van der Waals surface area contributed by atoms with Gasteiger partial charge in [0.15, 0.2) is 0 Å². The summed E-state index contributed by atoms with van der Waals surface area (Å²) in [5, 5.41) is 8.54. The number of hydrogen-bond donors (Lipinski definition) is 0. The highest BCUT2D eigenvalue weighted by molar-refractivity contribution is 8.32. The van der Waals surface area contributed by atoms with Gasteiger partial charge in [-0.25, -0.2) is 10.0 Å². The molecule has 180 valence electrons. The molecular formula is C33H32P2S. The third kappa shape index (κ3) is 5.50. The highest BCUT2D eigenvalue weighted by atomic mass is 32.3. The summed E-state index contributed by atoms with van der Waals surface area (Å²) in [6.45, 7) is 0. The molecule has 5 rings (SSSR count). The molecule has 0 amide bonds. The van der Waals surface area contributed by atoms with E-state index in [0.29, 0.717) is 0 Å². The van der Waals surface area contributed by atoms with Crippen molar-refractivity contribution in [3.05, 3.63) is 140 Å². The summed E-state index contributed by atoms with van der Waals surface area (Å²) in [7, 11) is -2.29. The van der Waals surface area contributed by atoms with E-state index in [1.165, 1.54) is 36.7 Å². The van der Waals surface area contributed by atoms with Crippen LogP contribution in [0.1, 0.15) is 0 Å². The van der Waals surface area contributed by atoms with Crippen molar-refractivity contribution in [1.29, 1.82) is 0 Å². The molecule has 0 spiro atoms. The molecule has 5 aromatic carbocycles. The van der Waals surface area contributed by atoms with Crippen molar-refractivity contribution in [2.24, 2.45) is 0 Å². The van der Waals surface area contributed by atoms with Gasteiger partial charge in [-0.05, 0) is 83.5 Å². The summed E-state index contributed by atoms with van der Waals surface area (Å²) in [5.41, 5.74) is 0. The van der Waals surface area contributed by atoms with Crippen LogP contribution in [0.5, 0.6) is 0 Å². The van der Waals surface area contributed by atoms with Gasteiger partial charge < -0.3 is 0 Å². The van der Waals surface area contributed by atoms with E-state index in [2.05, 4.69) is 158 Å². The van der Waals surface area contributed by atoms with Crippen LogP contribution in [0.25, 0.3) is 0 Å². The van der Waals surface area contributed by atoms with Gasteiger partial charge in [-0.3, -0.25) is 0 Å². The maximum absolute atomic E-state index is 2.55. The Bertz CT molecular complexity index is 1320. The molecule has 0 nitrogen and oxygen atoms in total. The standard InChI is InChI=1S/C33H32P2S/c1-36(2,3)31-24-25-32(34(27-16-8-4-9-17-27)28-18-10-5-11-19-28)33(26-31)35(29-20-12-6-13-21-29)30-22-14-7-15-23-30/h4-26H,1-3H3. The van der Waals surface area contributed by atoms with E-state index in [4.69, 9.17) is 0 Å². The van der Waals surface area contributed by atoms with Crippen LogP contribution in [0.4, 0.5) is 0 Å². The molecule has 0 saturated heterocycles. The van der Waals surface area contributed by atoms with Crippen molar-refractivity contribution < 1.29 is 0 Å². The van der Waals surface area contributed by atoms with E-state index in [9.17, 15) is 0 Å². The first-order valence-corrected chi connectivity index (χ1v) is 17.7. The topological polar surface area (TPSA) is 0 Å². The highest BCUT2D eigenvalue weighted by Crippen LogP contribution is 2.47. The van der Waals surface area contributed by atoms with E-state index in [0.717, 1.165) is 0 Å². The Balaban J connectivity index is 1.82. The molecule has 0 aliphatic heterocycles. The average Bonchev–Trinajstić information content (AvgIpc) is 2.92. The minimum absolute atomic E-state index is 0.703. The average molecular weight is 523 g/mol. The van der Waals surface area contributed by atoms with Gasteiger partial charge in [0.1, 0.15) is 0 Å². The van der Waals surface area contributed by atoms with Gasteiger partial charge in [-0.2, -0.15) is 0 Å². The van der Waals surface area contributed by atoms with Gasteiger partial charge in [0.25, 0.3) is 0 Å². The molecular weight excluding hydrogens is 490 g/mol. The molecule has 0 unspecified atom stereocenters. The van der Waals surface area contributed by atoms with Gasteiger partial charge in [-0.1, -0.05) is 127 Å². The lowest BCUT2D eigenvalue weighted by Crippen LogP contribution is -2.35. The minimum atomic E-state index is -0.877. The molecule has 0 atom stereocenters. The lowest BCUT2D eigenvalue weighted by Gasteiger charge is -2.32. The number of benzene rings is 5.